The van der Waals surface area contributed by atoms with Gasteiger partial charge in [-0.15, -0.1) is 0 Å². The molecule has 2 aromatic carbocycles. The lowest BCUT2D eigenvalue weighted by atomic mass is 9.90. The summed E-state index contributed by atoms with van der Waals surface area (Å²) in [6.45, 7) is 5.21. The van der Waals surface area contributed by atoms with Crippen LogP contribution in [0, 0.1) is 5.92 Å². The number of rotatable bonds is 5. The fourth-order valence-corrected chi connectivity index (χ4v) is 4.82. The topological polar surface area (TPSA) is 43.8 Å². The second-order valence-electron chi connectivity index (χ2n) is 8.61. The molecule has 2 aliphatic rings. The van der Waals surface area contributed by atoms with E-state index < -0.39 is 6.10 Å². The van der Waals surface area contributed by atoms with Crippen molar-refractivity contribution in [2.24, 2.45) is 5.92 Å². The van der Waals surface area contributed by atoms with E-state index >= 15 is 0 Å². The summed E-state index contributed by atoms with van der Waals surface area (Å²) in [5, 5.41) is 10.8. The first-order valence-corrected chi connectivity index (χ1v) is 11.0. The minimum Gasteiger partial charge on any atom is -0.387 e. The number of carbonyl (C=O) groups is 1. The van der Waals surface area contributed by atoms with Crippen molar-refractivity contribution in [1.82, 2.24) is 4.90 Å². The zero-order chi connectivity index (χ0) is 20.2. The normalized spacial score (nSPS) is 19.0. The summed E-state index contributed by atoms with van der Waals surface area (Å²) in [5.41, 5.74) is 4.60. The van der Waals surface area contributed by atoms with Crippen molar-refractivity contribution in [3.05, 3.63) is 65.2 Å². The molecule has 2 aromatic rings. The quantitative estimate of drug-likeness (QED) is 0.837. The van der Waals surface area contributed by atoms with Gasteiger partial charge in [-0.3, -0.25) is 4.79 Å². The third kappa shape index (κ3) is 4.88. The van der Waals surface area contributed by atoms with E-state index in [0.717, 1.165) is 56.1 Å². The van der Waals surface area contributed by atoms with Crippen LogP contribution in [-0.4, -0.2) is 42.1 Å². The fraction of sp³-hybridized carbons (Fsp3) is 0.480. The maximum absolute atomic E-state index is 11.9. The van der Waals surface area contributed by atoms with E-state index in [1.165, 1.54) is 24.0 Å². The van der Waals surface area contributed by atoms with E-state index in [-0.39, 0.29) is 5.91 Å². The lowest BCUT2D eigenvalue weighted by molar-refractivity contribution is -0.116. The second kappa shape index (κ2) is 9.10. The maximum atomic E-state index is 11.9. The molecule has 0 radical (unpaired) electrons. The molecule has 0 saturated carbocycles. The first-order chi connectivity index (χ1) is 14.1. The Morgan fingerprint density at radius 2 is 1.86 bits per heavy atom. The van der Waals surface area contributed by atoms with Gasteiger partial charge < -0.3 is 14.9 Å². The monoisotopic (exact) mass is 392 g/mol. The van der Waals surface area contributed by atoms with Crippen molar-refractivity contribution in [1.29, 1.82) is 0 Å². The van der Waals surface area contributed by atoms with Crippen LogP contribution in [0.2, 0.25) is 0 Å². The standard InChI is InChI=1S/C25H32N2O2/c1-19(28)27-13-5-8-22-17-23(9-10-24(22)27)25(29)18-26-14-11-21(12-15-26)16-20-6-3-2-4-7-20/h2-4,6-7,9-10,17,21,25,29H,5,8,11-16,18H2,1H3/t25-/m1/s1. The number of hydrogen-bond donors (Lipinski definition) is 1. The number of benzene rings is 2. The van der Waals surface area contributed by atoms with Gasteiger partial charge in [-0.2, -0.15) is 0 Å². The molecule has 2 aliphatic heterocycles. The van der Waals surface area contributed by atoms with Gasteiger partial charge in [0.1, 0.15) is 0 Å². The molecule has 4 heteroatoms. The number of β-amino-alcohol motifs (C(OH)–C–C–N with tert-alkyl or cyclic N) is 1. The maximum Gasteiger partial charge on any atom is 0.223 e. The Labute approximate surface area is 174 Å². The average molecular weight is 393 g/mol. The number of likely N-dealkylation sites (tertiary alicyclic amines) is 1. The van der Waals surface area contributed by atoms with Gasteiger partial charge in [0.05, 0.1) is 6.10 Å². The number of piperidine rings is 1. The summed E-state index contributed by atoms with van der Waals surface area (Å²) in [5.74, 6) is 0.838. The Morgan fingerprint density at radius 1 is 1.10 bits per heavy atom. The van der Waals surface area contributed by atoms with E-state index in [4.69, 9.17) is 0 Å². The summed E-state index contributed by atoms with van der Waals surface area (Å²) < 4.78 is 0. The summed E-state index contributed by atoms with van der Waals surface area (Å²) in [7, 11) is 0. The largest absolute Gasteiger partial charge is 0.387 e. The number of fused-ring (bicyclic) bond motifs is 1. The molecular weight excluding hydrogens is 360 g/mol. The first kappa shape index (κ1) is 20.1. The number of hydrogen-bond acceptors (Lipinski definition) is 3. The van der Waals surface area contributed by atoms with Gasteiger partial charge in [0.25, 0.3) is 0 Å². The van der Waals surface area contributed by atoms with Crippen LogP contribution < -0.4 is 4.90 Å². The Hall–Kier alpha value is -2.17. The zero-order valence-electron chi connectivity index (χ0n) is 17.4. The van der Waals surface area contributed by atoms with E-state index in [9.17, 15) is 9.90 Å². The van der Waals surface area contributed by atoms with E-state index in [0.29, 0.717) is 6.54 Å². The van der Waals surface area contributed by atoms with Crippen LogP contribution in [-0.2, 0) is 17.6 Å². The molecule has 1 fully saturated rings. The highest BCUT2D eigenvalue weighted by Gasteiger charge is 2.24. The molecule has 1 N–H and O–H groups in total. The molecule has 0 spiro atoms. The van der Waals surface area contributed by atoms with Gasteiger partial charge in [-0.25, -0.2) is 0 Å². The van der Waals surface area contributed by atoms with Crippen LogP contribution in [0.3, 0.4) is 0 Å². The molecule has 29 heavy (non-hydrogen) atoms. The third-order valence-corrected chi connectivity index (χ3v) is 6.49. The Kier molecular flexibility index (Phi) is 6.31. The summed E-state index contributed by atoms with van der Waals surface area (Å²) in [6.07, 6.45) is 5.04. The highest BCUT2D eigenvalue weighted by molar-refractivity contribution is 5.92. The number of aryl methyl sites for hydroxylation is 1. The minimum atomic E-state index is -0.473. The van der Waals surface area contributed by atoms with Crippen molar-refractivity contribution in [2.75, 3.05) is 31.1 Å². The molecule has 154 valence electrons. The zero-order valence-corrected chi connectivity index (χ0v) is 17.4. The van der Waals surface area contributed by atoms with Crippen molar-refractivity contribution in [3.63, 3.8) is 0 Å². The van der Waals surface area contributed by atoms with Gasteiger partial charge in [0.2, 0.25) is 5.91 Å². The highest BCUT2D eigenvalue weighted by atomic mass is 16.3. The van der Waals surface area contributed by atoms with Crippen molar-refractivity contribution < 1.29 is 9.90 Å². The minimum absolute atomic E-state index is 0.0950. The number of amides is 1. The van der Waals surface area contributed by atoms with Crippen LogP contribution in [0.4, 0.5) is 5.69 Å². The summed E-state index contributed by atoms with van der Waals surface area (Å²) >= 11 is 0. The number of nitrogens with zero attached hydrogens (tertiary/aromatic N) is 2. The lowest BCUT2D eigenvalue weighted by Crippen LogP contribution is -2.37. The number of aliphatic hydroxyl groups excluding tert-OH is 1. The average Bonchev–Trinajstić information content (AvgIpc) is 2.75. The van der Waals surface area contributed by atoms with Crippen LogP contribution >= 0.6 is 0 Å². The third-order valence-electron chi connectivity index (χ3n) is 6.49. The molecule has 1 saturated heterocycles. The van der Waals surface area contributed by atoms with E-state index in [2.05, 4.69) is 41.3 Å². The summed E-state index contributed by atoms with van der Waals surface area (Å²) in [4.78, 5) is 16.1. The molecule has 2 heterocycles. The second-order valence-corrected chi connectivity index (χ2v) is 8.61. The summed E-state index contributed by atoms with van der Waals surface area (Å²) in [6, 6.07) is 16.9. The Bertz CT molecular complexity index is 828. The molecule has 1 amide bonds. The van der Waals surface area contributed by atoms with Gasteiger partial charge >= 0.3 is 0 Å². The van der Waals surface area contributed by atoms with E-state index in [1.54, 1.807) is 6.92 Å². The SMILES string of the molecule is CC(=O)N1CCCc2cc([C@H](O)CN3CCC(Cc4ccccc4)CC3)ccc21. The van der Waals surface area contributed by atoms with Gasteiger partial charge in [-0.1, -0.05) is 42.5 Å². The lowest BCUT2D eigenvalue weighted by Gasteiger charge is -2.34. The number of carbonyl (C=O) groups excluding carboxylic acids is 1. The van der Waals surface area contributed by atoms with Gasteiger partial charge in [-0.05, 0) is 73.9 Å². The fourth-order valence-electron chi connectivity index (χ4n) is 4.82. The van der Waals surface area contributed by atoms with Crippen LogP contribution in [0.25, 0.3) is 0 Å². The van der Waals surface area contributed by atoms with Gasteiger partial charge in [0, 0.05) is 25.7 Å². The molecule has 0 aliphatic carbocycles. The van der Waals surface area contributed by atoms with Crippen molar-refractivity contribution >= 4 is 11.6 Å². The Morgan fingerprint density at radius 3 is 2.59 bits per heavy atom. The predicted octanol–water partition coefficient (Wildman–Crippen LogP) is 3.97. The van der Waals surface area contributed by atoms with Crippen LogP contribution in [0.1, 0.15) is 49.0 Å². The van der Waals surface area contributed by atoms with Crippen molar-refractivity contribution in [2.45, 2.75) is 45.1 Å². The highest BCUT2D eigenvalue weighted by Crippen LogP contribution is 2.31. The molecule has 1 atom stereocenters. The molecule has 0 bridgehead atoms. The molecule has 4 nitrogen and oxygen atoms in total. The first-order valence-electron chi connectivity index (χ1n) is 11.0. The molecule has 4 rings (SSSR count). The van der Waals surface area contributed by atoms with Crippen molar-refractivity contribution in [3.8, 4) is 0 Å². The molecule has 0 aromatic heterocycles. The smallest absolute Gasteiger partial charge is 0.223 e. The predicted molar refractivity (Wildman–Crippen MR) is 117 cm³/mol. The molecular formula is C25H32N2O2. The number of anilines is 1. The molecule has 0 unspecified atom stereocenters. The van der Waals surface area contributed by atoms with E-state index in [1.807, 2.05) is 17.0 Å². The van der Waals surface area contributed by atoms with Gasteiger partial charge in [0.15, 0.2) is 0 Å². The Balaban J connectivity index is 1.32. The number of aliphatic hydroxyl groups is 1. The van der Waals surface area contributed by atoms with Crippen LogP contribution in [0.15, 0.2) is 48.5 Å². The van der Waals surface area contributed by atoms with Crippen LogP contribution in [0.5, 0.6) is 0 Å².